The number of halogens is 3. The number of hydrogen-bond donors (Lipinski definition) is 2. The molecule has 1 aromatic carbocycles. The van der Waals surface area contributed by atoms with Gasteiger partial charge in [-0.25, -0.2) is 13.2 Å². The predicted molar refractivity (Wildman–Crippen MR) is 67.0 cm³/mol. The molecule has 0 saturated heterocycles. The molecule has 0 radical (unpaired) electrons. The molecule has 0 bridgehead atoms. The Hall–Kier alpha value is -2.90. The number of carbonyl (C=O) groups excluding carboxylic acids is 2. The lowest BCUT2D eigenvalue weighted by atomic mass is 10.1. The molecule has 21 heavy (non-hydrogen) atoms. The van der Waals surface area contributed by atoms with Gasteiger partial charge in [-0.2, -0.15) is 0 Å². The second-order valence-corrected chi connectivity index (χ2v) is 3.99. The van der Waals surface area contributed by atoms with Crippen molar-refractivity contribution in [3.05, 3.63) is 59.2 Å². The Morgan fingerprint density at radius 2 is 1.76 bits per heavy atom. The summed E-state index contributed by atoms with van der Waals surface area (Å²) >= 11 is 0. The van der Waals surface area contributed by atoms with E-state index in [2.05, 4.69) is 4.98 Å². The molecule has 5 nitrogen and oxygen atoms in total. The second-order valence-electron chi connectivity index (χ2n) is 3.99. The van der Waals surface area contributed by atoms with Crippen molar-refractivity contribution < 1.29 is 22.8 Å². The molecule has 0 unspecified atom stereocenters. The van der Waals surface area contributed by atoms with Crippen LogP contribution in [0.15, 0.2) is 30.6 Å². The molecule has 8 heteroatoms. The molecule has 0 aliphatic carbocycles. The van der Waals surface area contributed by atoms with E-state index in [0.717, 1.165) is 18.3 Å². The molecule has 1 heterocycles. The zero-order valence-corrected chi connectivity index (χ0v) is 10.4. The number of amides is 2. The maximum Gasteiger partial charge on any atom is 0.258 e. The fourth-order valence-corrected chi connectivity index (χ4v) is 1.58. The van der Waals surface area contributed by atoms with Crippen molar-refractivity contribution in [1.82, 2.24) is 4.98 Å². The van der Waals surface area contributed by atoms with Gasteiger partial charge in [-0.1, -0.05) is 0 Å². The van der Waals surface area contributed by atoms with Gasteiger partial charge in [-0.15, -0.1) is 0 Å². The smallest absolute Gasteiger partial charge is 0.258 e. The van der Waals surface area contributed by atoms with E-state index in [9.17, 15) is 22.8 Å². The van der Waals surface area contributed by atoms with Crippen molar-refractivity contribution in [3.8, 4) is 0 Å². The fourth-order valence-electron chi connectivity index (χ4n) is 1.58. The molecule has 3 N–H and O–H groups in total. The largest absolute Gasteiger partial charge is 0.366 e. The van der Waals surface area contributed by atoms with E-state index in [-0.39, 0.29) is 5.56 Å². The minimum atomic E-state index is -1.16. The van der Waals surface area contributed by atoms with E-state index in [0.29, 0.717) is 6.07 Å². The number of nitrogens with two attached hydrogens (primary N) is 1. The monoisotopic (exact) mass is 295 g/mol. The first-order valence-corrected chi connectivity index (χ1v) is 5.60. The van der Waals surface area contributed by atoms with Gasteiger partial charge in [0.1, 0.15) is 11.6 Å². The van der Waals surface area contributed by atoms with Gasteiger partial charge in [0.2, 0.25) is 0 Å². The highest BCUT2D eigenvalue weighted by molar-refractivity contribution is 6.05. The van der Waals surface area contributed by atoms with Gasteiger partial charge in [-0.3, -0.25) is 14.6 Å². The van der Waals surface area contributed by atoms with Crippen molar-refractivity contribution in [2.24, 2.45) is 5.73 Å². The number of hydrogen-bond acceptors (Lipinski definition) is 3. The molecule has 0 saturated carbocycles. The van der Waals surface area contributed by atoms with Crippen LogP contribution in [0, 0.1) is 17.5 Å². The van der Waals surface area contributed by atoms with Crippen LogP contribution in [0.3, 0.4) is 0 Å². The topological polar surface area (TPSA) is 85.1 Å². The predicted octanol–water partition coefficient (Wildman–Crippen LogP) is 1.85. The maximum absolute atomic E-state index is 13.6. The Kier molecular flexibility index (Phi) is 3.88. The highest BCUT2D eigenvalue weighted by Crippen LogP contribution is 2.20. The Morgan fingerprint density at radius 1 is 1.05 bits per heavy atom. The van der Waals surface area contributed by atoms with Crippen LogP contribution in [0.1, 0.15) is 20.7 Å². The first kappa shape index (κ1) is 14.5. The molecule has 2 aromatic rings. The van der Waals surface area contributed by atoms with Gasteiger partial charge < -0.3 is 11.1 Å². The third-order valence-corrected chi connectivity index (χ3v) is 2.59. The fraction of sp³-hybridized carbons (Fsp3) is 0. The minimum absolute atomic E-state index is 0.380. The lowest BCUT2D eigenvalue weighted by Crippen LogP contribution is -2.18. The zero-order valence-electron chi connectivity index (χ0n) is 10.4. The standard InChI is InChI=1S/C13H8F3N3O2/c14-8-4-9(15)11(3-7(8)12(17)20)19-13(21)6-1-2-18-5-10(6)16/h1-5H,(H2,17,20)(H,19,21). The van der Waals surface area contributed by atoms with Gasteiger partial charge in [0.05, 0.1) is 23.0 Å². The van der Waals surface area contributed by atoms with Crippen LogP contribution in [-0.4, -0.2) is 16.8 Å². The highest BCUT2D eigenvalue weighted by Gasteiger charge is 2.17. The lowest BCUT2D eigenvalue weighted by molar-refractivity contribution is 0.0991. The molecule has 0 aliphatic heterocycles. The number of pyridine rings is 1. The number of nitrogens with zero attached hydrogens (tertiary/aromatic N) is 1. The number of benzene rings is 1. The van der Waals surface area contributed by atoms with Gasteiger partial charge >= 0.3 is 0 Å². The molecule has 1 aromatic heterocycles. The zero-order chi connectivity index (χ0) is 15.6. The first-order valence-electron chi connectivity index (χ1n) is 5.60. The molecule has 0 spiro atoms. The SMILES string of the molecule is NC(=O)c1cc(NC(=O)c2ccncc2F)c(F)cc1F. The summed E-state index contributed by atoms with van der Waals surface area (Å²) in [5, 5.41) is 2.03. The molecule has 0 fully saturated rings. The summed E-state index contributed by atoms with van der Waals surface area (Å²) in [5.74, 6) is -5.30. The average molecular weight is 295 g/mol. The summed E-state index contributed by atoms with van der Waals surface area (Å²) in [4.78, 5) is 26.2. The van der Waals surface area contributed by atoms with Gasteiger partial charge in [0.15, 0.2) is 5.82 Å². The van der Waals surface area contributed by atoms with E-state index < -0.39 is 40.5 Å². The highest BCUT2D eigenvalue weighted by atomic mass is 19.1. The first-order chi connectivity index (χ1) is 9.90. The van der Waals surface area contributed by atoms with Crippen LogP contribution < -0.4 is 11.1 Å². The summed E-state index contributed by atoms with van der Waals surface area (Å²) in [5.41, 5.74) is 3.45. The molecule has 0 atom stereocenters. The van der Waals surface area contributed by atoms with Gasteiger partial charge in [-0.05, 0) is 12.1 Å². The van der Waals surface area contributed by atoms with E-state index >= 15 is 0 Å². The Bertz CT molecular complexity index is 735. The normalized spacial score (nSPS) is 10.2. The Labute approximate surface area is 116 Å². The number of anilines is 1. The average Bonchev–Trinajstić information content (AvgIpc) is 2.41. The van der Waals surface area contributed by atoms with Crippen LogP contribution in [0.5, 0.6) is 0 Å². The summed E-state index contributed by atoms with van der Waals surface area (Å²) < 4.78 is 40.2. The lowest BCUT2D eigenvalue weighted by Gasteiger charge is -2.09. The number of nitrogens with one attached hydrogen (secondary N) is 1. The Morgan fingerprint density at radius 3 is 2.38 bits per heavy atom. The van der Waals surface area contributed by atoms with Gasteiger partial charge in [0.25, 0.3) is 11.8 Å². The van der Waals surface area contributed by atoms with E-state index in [1.54, 1.807) is 0 Å². The third kappa shape index (κ3) is 2.99. The molecular weight excluding hydrogens is 287 g/mol. The number of primary amides is 1. The van der Waals surface area contributed by atoms with Crippen LogP contribution in [0.2, 0.25) is 0 Å². The quantitative estimate of drug-likeness (QED) is 0.906. The van der Waals surface area contributed by atoms with E-state index in [4.69, 9.17) is 5.73 Å². The van der Waals surface area contributed by atoms with Gasteiger partial charge in [0, 0.05) is 12.3 Å². The van der Waals surface area contributed by atoms with Crippen LogP contribution in [-0.2, 0) is 0 Å². The molecule has 2 amide bonds. The van der Waals surface area contributed by atoms with Crippen molar-refractivity contribution >= 4 is 17.5 Å². The summed E-state index contributed by atoms with van der Waals surface area (Å²) in [6.07, 6.45) is 1.98. The maximum atomic E-state index is 13.6. The number of aromatic nitrogens is 1. The minimum Gasteiger partial charge on any atom is -0.366 e. The molecule has 2 rings (SSSR count). The summed E-state index contributed by atoms with van der Waals surface area (Å²) in [6, 6.07) is 2.23. The van der Waals surface area contributed by atoms with Crippen molar-refractivity contribution in [2.45, 2.75) is 0 Å². The number of rotatable bonds is 3. The van der Waals surface area contributed by atoms with Crippen molar-refractivity contribution in [2.75, 3.05) is 5.32 Å². The van der Waals surface area contributed by atoms with Crippen LogP contribution >= 0.6 is 0 Å². The summed E-state index contributed by atoms with van der Waals surface area (Å²) in [6.45, 7) is 0. The van der Waals surface area contributed by atoms with Crippen LogP contribution in [0.4, 0.5) is 18.9 Å². The van der Waals surface area contributed by atoms with Crippen LogP contribution in [0.25, 0.3) is 0 Å². The molecule has 108 valence electrons. The van der Waals surface area contributed by atoms with Crippen molar-refractivity contribution in [1.29, 1.82) is 0 Å². The van der Waals surface area contributed by atoms with Crippen molar-refractivity contribution in [3.63, 3.8) is 0 Å². The number of carbonyl (C=O) groups is 2. The van der Waals surface area contributed by atoms with E-state index in [1.807, 2.05) is 5.32 Å². The summed E-state index contributed by atoms with van der Waals surface area (Å²) in [7, 11) is 0. The Balaban J connectivity index is 2.36. The third-order valence-electron chi connectivity index (χ3n) is 2.59. The van der Waals surface area contributed by atoms with E-state index in [1.165, 1.54) is 6.20 Å². The molecule has 0 aliphatic rings. The second kappa shape index (κ2) is 5.61. The molecular formula is C13H8F3N3O2.